The van der Waals surface area contributed by atoms with E-state index in [0.717, 1.165) is 12.1 Å². The Morgan fingerprint density at radius 2 is 1.86 bits per heavy atom. The van der Waals surface area contributed by atoms with Crippen molar-refractivity contribution in [3.63, 3.8) is 0 Å². The monoisotopic (exact) mass is 494 g/mol. The number of pyridine rings is 2. The molecule has 5 rings (SSSR count). The van der Waals surface area contributed by atoms with Crippen LogP contribution in [-0.4, -0.2) is 24.9 Å². The van der Waals surface area contributed by atoms with Gasteiger partial charge in [0.15, 0.2) is 17.3 Å². The number of benzene rings is 1. The third-order valence-electron chi connectivity index (χ3n) is 5.54. The van der Waals surface area contributed by atoms with Crippen molar-refractivity contribution in [1.82, 2.24) is 19.7 Å². The Hall–Kier alpha value is -4.38. The van der Waals surface area contributed by atoms with Crippen molar-refractivity contribution in [2.75, 3.05) is 0 Å². The zero-order chi connectivity index (χ0) is 25.8. The topological polar surface area (TPSA) is 116 Å². The van der Waals surface area contributed by atoms with Crippen LogP contribution >= 0.6 is 0 Å². The molecule has 0 saturated carbocycles. The van der Waals surface area contributed by atoms with Crippen molar-refractivity contribution in [2.24, 2.45) is 7.05 Å². The molecule has 0 aliphatic heterocycles. The lowest BCUT2D eigenvalue weighted by molar-refractivity contribution is 0.0782. The number of aryl methyl sites for hydroxylation is 2. The van der Waals surface area contributed by atoms with Gasteiger partial charge in [0.1, 0.15) is 11.4 Å². The quantitative estimate of drug-likeness (QED) is 0.369. The van der Waals surface area contributed by atoms with Gasteiger partial charge in [0.05, 0.1) is 16.6 Å². The van der Waals surface area contributed by atoms with Crippen LogP contribution in [0.4, 0.5) is 8.78 Å². The number of nitrogens with zero attached hydrogens (tertiary/aromatic N) is 4. The van der Waals surface area contributed by atoms with E-state index in [1.807, 2.05) is 0 Å². The van der Waals surface area contributed by atoms with Gasteiger partial charge in [0, 0.05) is 49.6 Å². The van der Waals surface area contributed by atoms with Gasteiger partial charge in [-0.25, -0.2) is 13.8 Å². The minimum absolute atomic E-state index is 0.0555. The molecule has 4 heterocycles. The maximum atomic E-state index is 14.4. The molecule has 0 fully saturated rings. The number of fused-ring (bicyclic) bond motifs is 1. The molecule has 0 aliphatic rings. The summed E-state index contributed by atoms with van der Waals surface area (Å²) in [5, 5.41) is 18.5. The molecular weight excluding hydrogens is 474 g/mol. The summed E-state index contributed by atoms with van der Waals surface area (Å²) >= 11 is 0. The Morgan fingerprint density at radius 1 is 1.08 bits per heavy atom. The highest BCUT2D eigenvalue weighted by molar-refractivity contribution is 5.94. The van der Waals surface area contributed by atoms with Crippen molar-refractivity contribution in [3.8, 4) is 34.4 Å². The third kappa shape index (κ3) is 4.13. The summed E-state index contributed by atoms with van der Waals surface area (Å²) in [5.41, 5.74) is -0.378. The average molecular weight is 494 g/mol. The SMILES string of the molecule is Cc1nnc(-c2cc3c(=O)n(C)cc(-c4cc(C(C)(C)O)cnc4Oc4ccc(F)cc4F)c3o2)o1. The predicted molar refractivity (Wildman–Crippen MR) is 124 cm³/mol. The molecule has 0 unspecified atom stereocenters. The molecular formula is C25H20F2N4O5. The van der Waals surface area contributed by atoms with Crippen molar-refractivity contribution in [3.05, 3.63) is 76.2 Å². The van der Waals surface area contributed by atoms with Gasteiger partial charge in [-0.15, -0.1) is 10.2 Å². The van der Waals surface area contributed by atoms with Crippen molar-refractivity contribution in [1.29, 1.82) is 0 Å². The van der Waals surface area contributed by atoms with Crippen LogP contribution in [0.2, 0.25) is 0 Å². The van der Waals surface area contributed by atoms with Crippen molar-refractivity contribution in [2.45, 2.75) is 26.4 Å². The number of halogens is 2. The maximum absolute atomic E-state index is 14.4. The van der Waals surface area contributed by atoms with Gasteiger partial charge in [-0.05, 0) is 32.0 Å². The van der Waals surface area contributed by atoms with Crippen molar-refractivity contribution < 1.29 is 27.5 Å². The normalized spacial score (nSPS) is 11.9. The van der Waals surface area contributed by atoms with Crippen LogP contribution in [0, 0.1) is 18.6 Å². The summed E-state index contributed by atoms with van der Waals surface area (Å²) in [6.45, 7) is 4.77. The lowest BCUT2D eigenvalue weighted by Crippen LogP contribution is -2.17. The molecule has 0 aliphatic carbocycles. The first-order valence-electron chi connectivity index (χ1n) is 10.8. The van der Waals surface area contributed by atoms with E-state index in [2.05, 4.69) is 15.2 Å². The van der Waals surface area contributed by atoms with Crippen LogP contribution < -0.4 is 10.3 Å². The zero-order valence-electron chi connectivity index (χ0n) is 19.7. The molecule has 0 atom stereocenters. The summed E-state index contributed by atoms with van der Waals surface area (Å²) in [7, 11) is 1.56. The third-order valence-corrected chi connectivity index (χ3v) is 5.54. The molecule has 1 N–H and O–H groups in total. The average Bonchev–Trinajstić information content (AvgIpc) is 3.44. The van der Waals surface area contributed by atoms with Gasteiger partial charge < -0.3 is 23.2 Å². The van der Waals surface area contributed by atoms with Crippen LogP contribution in [0.5, 0.6) is 11.6 Å². The fraction of sp³-hybridized carbons (Fsp3) is 0.200. The molecule has 0 bridgehead atoms. The number of aliphatic hydroxyl groups is 1. The second-order valence-corrected chi connectivity index (χ2v) is 8.75. The van der Waals surface area contributed by atoms with E-state index in [1.165, 1.54) is 23.0 Å². The van der Waals surface area contributed by atoms with E-state index in [9.17, 15) is 18.7 Å². The summed E-state index contributed by atoms with van der Waals surface area (Å²) in [5.74, 6) is -1.42. The highest BCUT2D eigenvalue weighted by atomic mass is 19.1. The molecule has 36 heavy (non-hydrogen) atoms. The predicted octanol–water partition coefficient (Wildman–Crippen LogP) is 4.85. The fourth-order valence-corrected chi connectivity index (χ4v) is 3.67. The second kappa shape index (κ2) is 8.38. The van der Waals surface area contributed by atoms with Crippen LogP contribution in [0.25, 0.3) is 33.7 Å². The van der Waals surface area contributed by atoms with Gasteiger partial charge >= 0.3 is 0 Å². The minimum Gasteiger partial charge on any atom is -0.450 e. The largest absolute Gasteiger partial charge is 0.450 e. The lowest BCUT2D eigenvalue weighted by atomic mass is 9.96. The molecule has 1 aromatic carbocycles. The van der Waals surface area contributed by atoms with E-state index < -0.39 is 17.2 Å². The van der Waals surface area contributed by atoms with E-state index >= 15 is 0 Å². The summed E-state index contributed by atoms with van der Waals surface area (Å²) in [6, 6.07) is 5.97. The van der Waals surface area contributed by atoms with E-state index in [1.54, 1.807) is 33.9 Å². The fourth-order valence-electron chi connectivity index (χ4n) is 3.67. The first-order chi connectivity index (χ1) is 17.0. The molecule has 0 spiro atoms. The number of furan rings is 1. The Balaban J connectivity index is 1.76. The van der Waals surface area contributed by atoms with Crippen molar-refractivity contribution >= 4 is 11.0 Å². The summed E-state index contributed by atoms with van der Waals surface area (Å²) in [4.78, 5) is 17.2. The first kappa shape index (κ1) is 23.4. The molecule has 5 aromatic rings. The minimum atomic E-state index is -1.28. The maximum Gasteiger partial charge on any atom is 0.283 e. The molecule has 11 heteroatoms. The van der Waals surface area contributed by atoms with Crippen LogP contribution in [-0.2, 0) is 12.6 Å². The molecule has 9 nitrogen and oxygen atoms in total. The van der Waals surface area contributed by atoms with Gasteiger partial charge in [-0.2, -0.15) is 0 Å². The molecule has 0 amide bonds. The lowest BCUT2D eigenvalue weighted by Gasteiger charge is -2.20. The number of hydrogen-bond donors (Lipinski definition) is 1. The van der Waals surface area contributed by atoms with Gasteiger partial charge in [0.25, 0.3) is 11.4 Å². The highest BCUT2D eigenvalue weighted by Gasteiger charge is 2.25. The van der Waals surface area contributed by atoms with Crippen LogP contribution in [0.15, 0.2) is 56.4 Å². The van der Waals surface area contributed by atoms with Gasteiger partial charge in [-0.3, -0.25) is 4.79 Å². The number of aromatic nitrogens is 4. The number of ether oxygens (including phenoxy) is 1. The Kier molecular flexibility index (Phi) is 5.44. The van der Waals surface area contributed by atoms with E-state index in [0.29, 0.717) is 28.6 Å². The molecule has 184 valence electrons. The summed E-state index contributed by atoms with van der Waals surface area (Å²) < 4.78 is 46.3. The Labute approximate surface area is 202 Å². The Morgan fingerprint density at radius 3 is 2.53 bits per heavy atom. The van der Waals surface area contributed by atoms with E-state index in [4.69, 9.17) is 13.6 Å². The Bertz CT molecular complexity index is 1680. The van der Waals surface area contributed by atoms with Crippen LogP contribution in [0.3, 0.4) is 0 Å². The standard InChI is InChI=1S/C25H20F2N4O5/c1-12-29-30-23(34-12)20-9-16-21(35-20)17(11-31(4)24(16)32)15-7-13(25(2,3)33)10-28-22(15)36-19-6-5-14(26)8-18(19)27/h5-11,33H,1-4H3. The first-order valence-corrected chi connectivity index (χ1v) is 10.8. The smallest absolute Gasteiger partial charge is 0.283 e. The molecule has 0 radical (unpaired) electrons. The molecule has 0 saturated heterocycles. The van der Waals surface area contributed by atoms with Gasteiger partial charge in [0.2, 0.25) is 11.8 Å². The molecule has 4 aromatic heterocycles. The number of rotatable bonds is 5. The zero-order valence-corrected chi connectivity index (χ0v) is 19.7. The second-order valence-electron chi connectivity index (χ2n) is 8.75. The van der Waals surface area contributed by atoms with Crippen LogP contribution in [0.1, 0.15) is 25.3 Å². The van der Waals surface area contributed by atoms with Gasteiger partial charge in [-0.1, -0.05) is 0 Å². The van der Waals surface area contributed by atoms with E-state index in [-0.39, 0.29) is 39.8 Å². The highest BCUT2D eigenvalue weighted by Crippen LogP contribution is 2.39. The summed E-state index contributed by atoms with van der Waals surface area (Å²) in [6.07, 6.45) is 2.89. The number of hydrogen-bond acceptors (Lipinski definition) is 8.